The van der Waals surface area contributed by atoms with Crippen molar-refractivity contribution in [1.29, 1.82) is 0 Å². The number of hydrogen-bond acceptors (Lipinski definition) is 4. The van der Waals surface area contributed by atoms with E-state index in [0.717, 1.165) is 0 Å². The molecule has 1 aliphatic rings. The number of ether oxygens (including phenoxy) is 1. The van der Waals surface area contributed by atoms with Crippen molar-refractivity contribution in [3.05, 3.63) is 0 Å². The van der Waals surface area contributed by atoms with E-state index in [4.69, 9.17) is 9.84 Å². The lowest BCUT2D eigenvalue weighted by Crippen LogP contribution is -2.42. The van der Waals surface area contributed by atoms with Crippen molar-refractivity contribution in [3.8, 4) is 0 Å². The molecule has 1 aliphatic heterocycles. The van der Waals surface area contributed by atoms with Crippen molar-refractivity contribution >= 4 is 12.1 Å². The highest BCUT2D eigenvalue weighted by molar-refractivity contribution is 5.74. The van der Waals surface area contributed by atoms with E-state index in [0.29, 0.717) is 6.54 Å². The normalized spacial score (nSPS) is 22.2. The first-order valence-electron chi connectivity index (χ1n) is 5.15. The average molecular weight is 230 g/mol. The molecule has 92 valence electrons. The summed E-state index contributed by atoms with van der Waals surface area (Å²) in [6, 6.07) is 0. The summed E-state index contributed by atoms with van der Waals surface area (Å²) in [6.07, 6.45) is -0.501. The molecule has 0 saturated carbocycles. The number of carbonyl (C=O) groups is 2. The van der Waals surface area contributed by atoms with Gasteiger partial charge in [0.1, 0.15) is 5.60 Å². The molecule has 0 aromatic rings. The molecular weight excluding hydrogens is 212 g/mol. The van der Waals surface area contributed by atoms with E-state index < -0.39 is 23.6 Å². The molecule has 1 heterocycles. The zero-order chi connectivity index (χ0) is 12.5. The Morgan fingerprint density at radius 2 is 1.88 bits per heavy atom. The van der Waals surface area contributed by atoms with Gasteiger partial charge in [-0.15, -0.1) is 0 Å². The molecule has 1 saturated heterocycles. The predicted octanol–water partition coefficient (Wildman–Crippen LogP) is 0.785. The van der Waals surface area contributed by atoms with Crippen LogP contribution in [0.15, 0.2) is 0 Å². The number of nitrogens with zero attached hydrogens (tertiary/aromatic N) is 2. The number of carboxylic acids is 1. The van der Waals surface area contributed by atoms with Crippen LogP contribution in [0, 0.1) is 5.92 Å². The molecule has 0 aromatic carbocycles. The predicted molar refractivity (Wildman–Crippen MR) is 56.7 cm³/mol. The number of hydrazine groups is 1. The summed E-state index contributed by atoms with van der Waals surface area (Å²) in [6.45, 7) is 5.82. The van der Waals surface area contributed by atoms with Gasteiger partial charge in [-0.05, 0) is 20.8 Å². The Morgan fingerprint density at radius 1 is 1.31 bits per heavy atom. The van der Waals surface area contributed by atoms with Gasteiger partial charge in [-0.2, -0.15) is 0 Å². The van der Waals surface area contributed by atoms with Crippen LogP contribution in [0.1, 0.15) is 20.8 Å². The number of hydrogen-bond donors (Lipinski definition) is 1. The van der Waals surface area contributed by atoms with Gasteiger partial charge in [0, 0.05) is 13.6 Å². The fourth-order valence-corrected chi connectivity index (χ4v) is 1.51. The minimum absolute atomic E-state index is 0.167. The van der Waals surface area contributed by atoms with E-state index in [2.05, 4.69) is 0 Å². The molecule has 1 N–H and O–H groups in total. The average Bonchev–Trinajstić information content (AvgIpc) is 2.44. The first-order chi connectivity index (χ1) is 7.20. The van der Waals surface area contributed by atoms with E-state index >= 15 is 0 Å². The largest absolute Gasteiger partial charge is 0.481 e. The monoisotopic (exact) mass is 230 g/mol. The summed E-state index contributed by atoms with van der Waals surface area (Å²) in [4.78, 5) is 22.5. The smallest absolute Gasteiger partial charge is 0.424 e. The molecule has 1 amide bonds. The highest BCUT2D eigenvalue weighted by Crippen LogP contribution is 2.18. The van der Waals surface area contributed by atoms with Crippen LogP contribution in [0.4, 0.5) is 4.79 Å². The Balaban J connectivity index is 2.61. The van der Waals surface area contributed by atoms with Crippen LogP contribution in [-0.2, 0) is 9.53 Å². The summed E-state index contributed by atoms with van der Waals surface area (Å²) < 4.78 is 5.17. The van der Waals surface area contributed by atoms with Crippen LogP contribution in [0.2, 0.25) is 0 Å². The molecule has 6 nitrogen and oxygen atoms in total. The number of carboxylic acid groups (broad SMARTS) is 1. The van der Waals surface area contributed by atoms with Gasteiger partial charge in [0.05, 0.1) is 12.5 Å². The molecule has 6 heteroatoms. The standard InChI is InChI=1S/C10H18N2O4/c1-10(2,3)16-9(15)12-6-7(8(13)14)5-11(12)4/h7H,5-6H2,1-4H3,(H,13,14). The van der Waals surface area contributed by atoms with Crippen LogP contribution in [0.25, 0.3) is 0 Å². The van der Waals surface area contributed by atoms with Crippen molar-refractivity contribution in [2.45, 2.75) is 26.4 Å². The van der Waals surface area contributed by atoms with Gasteiger partial charge in [0.15, 0.2) is 0 Å². The Hall–Kier alpha value is -1.30. The fourth-order valence-electron chi connectivity index (χ4n) is 1.51. The first kappa shape index (κ1) is 12.8. The van der Waals surface area contributed by atoms with Crippen molar-refractivity contribution in [2.75, 3.05) is 20.1 Å². The van der Waals surface area contributed by atoms with Crippen molar-refractivity contribution in [2.24, 2.45) is 5.92 Å². The van der Waals surface area contributed by atoms with E-state index in [-0.39, 0.29) is 6.54 Å². The molecule has 0 aromatic heterocycles. The molecule has 1 rings (SSSR count). The van der Waals surface area contributed by atoms with E-state index in [1.807, 2.05) is 0 Å². The minimum atomic E-state index is -0.891. The summed E-state index contributed by atoms with van der Waals surface area (Å²) in [5.41, 5.74) is -0.570. The van der Waals surface area contributed by atoms with Gasteiger partial charge >= 0.3 is 12.1 Å². The number of carbonyl (C=O) groups excluding carboxylic acids is 1. The van der Waals surface area contributed by atoms with Gasteiger partial charge in [-0.1, -0.05) is 0 Å². The third-order valence-corrected chi connectivity index (χ3v) is 2.24. The highest BCUT2D eigenvalue weighted by atomic mass is 16.6. The van der Waals surface area contributed by atoms with Crippen molar-refractivity contribution < 1.29 is 19.4 Å². The van der Waals surface area contributed by atoms with E-state index in [9.17, 15) is 9.59 Å². The number of aliphatic carboxylic acids is 1. The van der Waals surface area contributed by atoms with Crippen molar-refractivity contribution in [3.63, 3.8) is 0 Å². The Bertz CT molecular complexity index is 298. The van der Waals surface area contributed by atoms with Crippen LogP contribution in [0.5, 0.6) is 0 Å². The topological polar surface area (TPSA) is 70.1 Å². The summed E-state index contributed by atoms with van der Waals surface area (Å²) in [5, 5.41) is 11.8. The maximum absolute atomic E-state index is 11.7. The Kier molecular flexibility index (Phi) is 3.42. The second-order valence-electron chi connectivity index (χ2n) is 4.94. The van der Waals surface area contributed by atoms with Crippen molar-refractivity contribution in [1.82, 2.24) is 10.0 Å². The molecule has 0 spiro atoms. The number of rotatable bonds is 1. The van der Waals surface area contributed by atoms with Gasteiger partial charge in [-0.3, -0.25) is 4.79 Å². The lowest BCUT2D eigenvalue weighted by molar-refractivity contribution is -0.140. The molecule has 0 radical (unpaired) electrons. The Labute approximate surface area is 94.7 Å². The maximum atomic E-state index is 11.7. The summed E-state index contributed by atoms with van der Waals surface area (Å²) in [7, 11) is 1.67. The second kappa shape index (κ2) is 4.29. The van der Waals surface area contributed by atoms with Gasteiger partial charge < -0.3 is 9.84 Å². The summed E-state index contributed by atoms with van der Waals surface area (Å²) in [5.74, 6) is -1.43. The zero-order valence-electron chi connectivity index (χ0n) is 10.1. The van der Waals surface area contributed by atoms with Crippen LogP contribution >= 0.6 is 0 Å². The quantitative estimate of drug-likeness (QED) is 0.721. The van der Waals surface area contributed by atoms with Gasteiger partial charge in [0.25, 0.3) is 0 Å². The minimum Gasteiger partial charge on any atom is -0.481 e. The third kappa shape index (κ3) is 3.10. The Morgan fingerprint density at radius 3 is 2.25 bits per heavy atom. The van der Waals surface area contributed by atoms with E-state index in [1.165, 1.54) is 5.01 Å². The zero-order valence-corrected chi connectivity index (χ0v) is 10.1. The lowest BCUT2D eigenvalue weighted by Gasteiger charge is -2.27. The molecular formula is C10H18N2O4. The SMILES string of the molecule is CN1CC(C(=O)O)CN1C(=O)OC(C)(C)C. The molecule has 1 fully saturated rings. The molecule has 0 aliphatic carbocycles. The van der Waals surface area contributed by atoms with Gasteiger partial charge in [0.2, 0.25) is 0 Å². The maximum Gasteiger partial charge on any atom is 0.424 e. The molecule has 0 bridgehead atoms. The van der Waals surface area contributed by atoms with E-state index in [1.54, 1.807) is 32.8 Å². The molecule has 1 unspecified atom stereocenters. The van der Waals surface area contributed by atoms with Crippen LogP contribution < -0.4 is 0 Å². The third-order valence-electron chi connectivity index (χ3n) is 2.24. The number of amides is 1. The van der Waals surface area contributed by atoms with Crippen LogP contribution in [0.3, 0.4) is 0 Å². The summed E-state index contributed by atoms with van der Waals surface area (Å²) >= 11 is 0. The molecule has 1 atom stereocenters. The van der Waals surface area contributed by atoms with Crippen LogP contribution in [-0.4, -0.2) is 52.9 Å². The second-order valence-corrected chi connectivity index (χ2v) is 4.94. The lowest BCUT2D eigenvalue weighted by atomic mass is 10.2. The fraction of sp³-hybridized carbons (Fsp3) is 0.800. The first-order valence-corrected chi connectivity index (χ1v) is 5.15. The molecule has 16 heavy (non-hydrogen) atoms. The highest BCUT2D eigenvalue weighted by Gasteiger charge is 2.37. The van der Waals surface area contributed by atoms with Gasteiger partial charge in [-0.25, -0.2) is 14.8 Å².